The van der Waals surface area contributed by atoms with E-state index in [9.17, 15) is 57.5 Å². The third-order valence-corrected chi connectivity index (χ3v) is 3.55. The zero-order chi connectivity index (χ0) is 21.2. The molecule has 0 aliphatic heterocycles. The highest BCUT2D eigenvalue weighted by atomic mass is 19.4. The van der Waals surface area contributed by atoms with Gasteiger partial charge in [0.2, 0.25) is 5.67 Å². The van der Waals surface area contributed by atoms with E-state index in [0.29, 0.717) is 0 Å². The molecule has 152 valence electrons. The fraction of sp³-hybridized carbons (Fsp3) is 0.727. The Morgan fingerprint density at radius 3 is 1.65 bits per heavy atom. The lowest BCUT2D eigenvalue weighted by atomic mass is 9.91. The topological polar surface area (TPSA) is 46.5 Å². The predicted molar refractivity (Wildman–Crippen MR) is 55.9 cm³/mol. The first kappa shape index (κ1) is 22.4. The van der Waals surface area contributed by atoms with E-state index in [-0.39, 0.29) is 6.08 Å². The van der Waals surface area contributed by atoms with Crippen molar-refractivity contribution < 1.29 is 67.3 Å². The quantitative estimate of drug-likeness (QED) is 0.543. The maximum atomic E-state index is 14.3. The third kappa shape index (κ3) is 2.18. The van der Waals surface area contributed by atoms with Crippen LogP contribution in [0.4, 0.5) is 52.7 Å². The van der Waals surface area contributed by atoms with Gasteiger partial charge in [-0.05, 0) is 0 Å². The van der Waals surface area contributed by atoms with Gasteiger partial charge in [-0.3, -0.25) is 4.74 Å². The van der Waals surface area contributed by atoms with E-state index >= 15 is 0 Å². The molecule has 0 heterocycles. The largest absolute Gasteiger partial charge is 0.477 e. The molecule has 1 fully saturated rings. The molecule has 26 heavy (non-hydrogen) atoms. The summed E-state index contributed by atoms with van der Waals surface area (Å²) in [5.41, 5.74) is -6.02. The van der Waals surface area contributed by atoms with E-state index in [1.165, 1.54) is 0 Å². The van der Waals surface area contributed by atoms with Crippen molar-refractivity contribution in [2.24, 2.45) is 0 Å². The van der Waals surface area contributed by atoms with E-state index in [1.807, 2.05) is 0 Å². The van der Waals surface area contributed by atoms with Crippen LogP contribution >= 0.6 is 0 Å². The molecule has 1 N–H and O–H groups in total. The van der Waals surface area contributed by atoms with Gasteiger partial charge in [0.25, 0.3) is 0 Å². The second-order valence-electron chi connectivity index (χ2n) is 5.11. The van der Waals surface area contributed by atoms with Gasteiger partial charge < -0.3 is 5.11 Å². The number of carbonyl (C=O) groups is 1. The molecule has 3 atom stereocenters. The molecule has 0 aromatic rings. The van der Waals surface area contributed by atoms with Crippen LogP contribution in [0.25, 0.3) is 0 Å². The summed E-state index contributed by atoms with van der Waals surface area (Å²) in [7, 11) is 0. The van der Waals surface area contributed by atoms with Gasteiger partial charge in [-0.25, -0.2) is 13.6 Å². The Kier molecular flexibility index (Phi) is 4.66. The molecular weight excluding hydrogens is 408 g/mol. The molecule has 0 saturated heterocycles. The highest BCUT2D eigenvalue weighted by Crippen LogP contribution is 2.70. The first-order valence-electron chi connectivity index (χ1n) is 6.02. The summed E-state index contributed by atoms with van der Waals surface area (Å²) in [6, 6.07) is 0. The number of carboxylic acid groups (broad SMARTS) is 1. The summed E-state index contributed by atoms with van der Waals surface area (Å²) >= 11 is 0. The summed E-state index contributed by atoms with van der Waals surface area (Å²) in [5, 5.41) is 8.12. The lowest BCUT2D eigenvalue weighted by molar-refractivity contribution is -0.425. The highest BCUT2D eigenvalue weighted by Gasteiger charge is 3.01. The molecule has 0 radical (unpaired) electrons. The van der Waals surface area contributed by atoms with Crippen molar-refractivity contribution in [2.45, 2.75) is 47.7 Å². The van der Waals surface area contributed by atoms with Crippen LogP contribution in [0.15, 0.2) is 12.7 Å². The molecule has 0 aromatic carbocycles. The number of hydrogen-bond acceptors (Lipinski definition) is 2. The minimum atomic E-state index is -7.13. The fourth-order valence-electron chi connectivity index (χ4n) is 2.12. The number of allylic oxidation sites excluding steroid dienone is 1. The lowest BCUT2D eigenvalue weighted by Gasteiger charge is -2.38. The van der Waals surface area contributed by atoms with E-state index in [2.05, 4.69) is 11.3 Å². The molecule has 3 nitrogen and oxygen atoms in total. The van der Waals surface area contributed by atoms with Crippen molar-refractivity contribution in [2.75, 3.05) is 0 Å². The molecule has 1 rings (SSSR count). The van der Waals surface area contributed by atoms with Gasteiger partial charge in [-0.15, -0.1) is 6.58 Å². The Morgan fingerprint density at radius 1 is 0.923 bits per heavy atom. The summed E-state index contributed by atoms with van der Waals surface area (Å²) in [4.78, 5) is 10.4. The third-order valence-electron chi connectivity index (χ3n) is 3.55. The van der Waals surface area contributed by atoms with E-state index < -0.39 is 53.7 Å². The second kappa shape index (κ2) is 5.42. The van der Waals surface area contributed by atoms with Crippen LogP contribution < -0.4 is 0 Å². The molecule has 15 heteroatoms. The van der Waals surface area contributed by atoms with Gasteiger partial charge in [0.1, 0.15) is 0 Å². The van der Waals surface area contributed by atoms with E-state index in [4.69, 9.17) is 5.11 Å². The van der Waals surface area contributed by atoms with Crippen LogP contribution in [-0.2, 0) is 9.53 Å². The summed E-state index contributed by atoms with van der Waals surface area (Å²) in [6.07, 6.45) is -9.68. The molecule has 0 amide bonds. The summed E-state index contributed by atoms with van der Waals surface area (Å²) in [5.74, 6) is -38.2. The van der Waals surface area contributed by atoms with E-state index in [0.717, 1.165) is 0 Å². The van der Waals surface area contributed by atoms with Crippen LogP contribution in [0.3, 0.4) is 0 Å². The number of alkyl halides is 12. The van der Waals surface area contributed by atoms with Gasteiger partial charge >= 0.3 is 41.6 Å². The predicted octanol–water partition coefficient (Wildman–Crippen LogP) is 4.19. The Bertz CT molecular complexity index is 616. The molecule has 1 aliphatic rings. The van der Waals surface area contributed by atoms with Gasteiger partial charge in [-0.2, -0.15) is 43.9 Å². The SMILES string of the molecule is C=CCC1(F)C(F)(F)C(F)(F)C(F)(F)C1(F)OC(F)(C(=O)O)C(F)(F)F. The van der Waals surface area contributed by atoms with Gasteiger partial charge in [0, 0.05) is 6.42 Å². The number of halogens is 12. The van der Waals surface area contributed by atoms with Crippen molar-refractivity contribution in [3.05, 3.63) is 12.7 Å². The van der Waals surface area contributed by atoms with Gasteiger partial charge in [0.15, 0.2) is 0 Å². The average Bonchev–Trinajstić information content (AvgIpc) is 2.48. The van der Waals surface area contributed by atoms with E-state index in [1.54, 1.807) is 0 Å². The monoisotopic (exact) mass is 414 g/mol. The molecule has 3 unspecified atom stereocenters. The zero-order valence-electron chi connectivity index (χ0n) is 11.8. The van der Waals surface area contributed by atoms with Crippen molar-refractivity contribution >= 4 is 5.97 Å². The number of aliphatic carboxylic acids is 1. The standard InChI is InChI=1S/C11H6F12O3/c1-2-3-5(12)7(14,15)8(16,17)9(18,19)10(5,20)26-6(13,4(24)25)11(21,22)23/h2H,1,3H2,(H,24,25). The van der Waals surface area contributed by atoms with Crippen LogP contribution in [0.1, 0.15) is 6.42 Å². The molecule has 1 saturated carbocycles. The fourth-order valence-corrected chi connectivity index (χ4v) is 2.12. The minimum Gasteiger partial charge on any atom is -0.477 e. The lowest BCUT2D eigenvalue weighted by Crippen LogP contribution is -2.65. The molecule has 0 bridgehead atoms. The Morgan fingerprint density at radius 2 is 1.35 bits per heavy atom. The Labute approximate surface area is 135 Å². The number of ether oxygens (including phenoxy) is 1. The normalized spacial score (nSPS) is 34.9. The van der Waals surface area contributed by atoms with Crippen molar-refractivity contribution in [3.63, 3.8) is 0 Å². The molecule has 0 aromatic heterocycles. The van der Waals surface area contributed by atoms with Crippen LogP contribution in [0.2, 0.25) is 0 Å². The molecule has 1 aliphatic carbocycles. The average molecular weight is 414 g/mol. The minimum absolute atomic E-state index is 0.211. The number of carboxylic acids is 1. The zero-order valence-corrected chi connectivity index (χ0v) is 11.8. The molecular formula is C11H6F12O3. The maximum absolute atomic E-state index is 14.3. The van der Waals surface area contributed by atoms with Crippen LogP contribution in [0.5, 0.6) is 0 Å². The Balaban J connectivity index is 3.83. The number of hydrogen-bond donors (Lipinski definition) is 1. The first-order valence-corrected chi connectivity index (χ1v) is 6.02. The summed E-state index contributed by atoms with van der Waals surface area (Å²) < 4.78 is 162. The first-order chi connectivity index (χ1) is 11.2. The van der Waals surface area contributed by atoms with Gasteiger partial charge in [-0.1, -0.05) is 6.08 Å². The second-order valence-corrected chi connectivity index (χ2v) is 5.11. The van der Waals surface area contributed by atoms with Gasteiger partial charge in [0.05, 0.1) is 0 Å². The van der Waals surface area contributed by atoms with Crippen LogP contribution in [0, 0.1) is 0 Å². The van der Waals surface area contributed by atoms with Crippen molar-refractivity contribution in [1.29, 1.82) is 0 Å². The molecule has 0 spiro atoms. The highest BCUT2D eigenvalue weighted by molar-refractivity contribution is 5.76. The van der Waals surface area contributed by atoms with Crippen molar-refractivity contribution in [1.82, 2.24) is 0 Å². The maximum Gasteiger partial charge on any atom is 0.460 e. The van der Waals surface area contributed by atoms with Crippen LogP contribution in [-0.4, -0.2) is 52.4 Å². The summed E-state index contributed by atoms with van der Waals surface area (Å²) in [6.45, 7) is 2.46. The smallest absolute Gasteiger partial charge is 0.460 e. The van der Waals surface area contributed by atoms with Crippen molar-refractivity contribution in [3.8, 4) is 0 Å². The Hall–Kier alpha value is -1.67. The number of rotatable bonds is 5.